The number of hydrogen-bond donors (Lipinski definition) is 1. The molecule has 0 radical (unpaired) electrons. The second-order valence-corrected chi connectivity index (χ2v) is 8.83. The fourth-order valence-corrected chi connectivity index (χ4v) is 4.06. The van der Waals surface area contributed by atoms with Crippen LogP contribution in [0.4, 0.5) is 5.69 Å². The zero-order valence-corrected chi connectivity index (χ0v) is 16.6. The van der Waals surface area contributed by atoms with Crippen molar-refractivity contribution in [2.24, 2.45) is 0 Å². The van der Waals surface area contributed by atoms with Crippen molar-refractivity contribution >= 4 is 33.2 Å². The Kier molecular flexibility index (Phi) is 6.31. The first kappa shape index (κ1) is 20.3. The van der Waals surface area contributed by atoms with Gasteiger partial charge in [-0.05, 0) is 44.5 Å². The fourth-order valence-electron chi connectivity index (χ4n) is 2.31. The largest absolute Gasteiger partial charge is 0.350 e. The van der Waals surface area contributed by atoms with Crippen LogP contribution in [-0.4, -0.2) is 26.4 Å². The van der Waals surface area contributed by atoms with Gasteiger partial charge in [0, 0.05) is 5.54 Å². The standard InChI is InChI=1S/C19H23ClN2O3S/c1-4-19(2,3)21-18(23)14-22(17-13-9-8-12-16(17)20)26(24,25)15-10-6-5-7-11-15/h5-13H,4,14H2,1-3H3,(H,21,23). The van der Waals surface area contributed by atoms with Gasteiger partial charge in [-0.2, -0.15) is 0 Å². The van der Waals surface area contributed by atoms with Gasteiger partial charge in [0.25, 0.3) is 10.0 Å². The molecule has 0 aromatic heterocycles. The van der Waals surface area contributed by atoms with E-state index in [1.807, 2.05) is 20.8 Å². The summed E-state index contributed by atoms with van der Waals surface area (Å²) in [5.41, 5.74) is -0.165. The van der Waals surface area contributed by atoms with Gasteiger partial charge in [-0.1, -0.05) is 48.9 Å². The molecular weight excluding hydrogens is 372 g/mol. The van der Waals surface area contributed by atoms with Crippen LogP contribution in [0, 0.1) is 0 Å². The molecule has 0 unspecified atom stereocenters. The Bertz CT molecular complexity index is 867. The lowest BCUT2D eigenvalue weighted by atomic mass is 10.0. The van der Waals surface area contributed by atoms with E-state index >= 15 is 0 Å². The van der Waals surface area contributed by atoms with Crippen molar-refractivity contribution in [1.29, 1.82) is 0 Å². The molecule has 5 nitrogen and oxygen atoms in total. The Labute approximate surface area is 160 Å². The molecule has 2 rings (SSSR count). The summed E-state index contributed by atoms with van der Waals surface area (Å²) in [6.45, 7) is 5.37. The van der Waals surface area contributed by atoms with Crippen LogP contribution >= 0.6 is 11.6 Å². The van der Waals surface area contributed by atoms with Crippen LogP contribution in [0.1, 0.15) is 27.2 Å². The van der Waals surface area contributed by atoms with Gasteiger partial charge in [0.2, 0.25) is 5.91 Å². The molecule has 0 aliphatic rings. The summed E-state index contributed by atoms with van der Waals surface area (Å²) >= 11 is 6.22. The summed E-state index contributed by atoms with van der Waals surface area (Å²) in [7, 11) is -3.95. The number of sulfonamides is 1. The van der Waals surface area contributed by atoms with Gasteiger partial charge in [-0.3, -0.25) is 9.10 Å². The number of carbonyl (C=O) groups is 1. The van der Waals surface area contributed by atoms with Crippen molar-refractivity contribution in [3.05, 3.63) is 59.6 Å². The first-order valence-corrected chi connectivity index (χ1v) is 10.1. The molecular formula is C19H23ClN2O3S. The van der Waals surface area contributed by atoms with E-state index in [1.165, 1.54) is 12.1 Å². The highest BCUT2D eigenvalue weighted by Gasteiger charge is 2.29. The fraction of sp³-hybridized carbons (Fsp3) is 0.316. The van der Waals surface area contributed by atoms with Crippen molar-refractivity contribution in [3.63, 3.8) is 0 Å². The van der Waals surface area contributed by atoms with E-state index in [-0.39, 0.29) is 22.2 Å². The first-order valence-electron chi connectivity index (χ1n) is 8.31. The van der Waals surface area contributed by atoms with Gasteiger partial charge >= 0.3 is 0 Å². The highest BCUT2D eigenvalue weighted by atomic mass is 35.5. The molecule has 0 fully saturated rings. The smallest absolute Gasteiger partial charge is 0.264 e. The summed E-state index contributed by atoms with van der Waals surface area (Å²) in [5.74, 6) is -0.392. The van der Waals surface area contributed by atoms with Gasteiger partial charge in [0.1, 0.15) is 6.54 Å². The molecule has 2 aromatic carbocycles. The van der Waals surface area contributed by atoms with E-state index in [4.69, 9.17) is 11.6 Å². The lowest BCUT2D eigenvalue weighted by Crippen LogP contribution is -2.48. The Morgan fingerprint density at radius 3 is 2.23 bits per heavy atom. The first-order chi connectivity index (χ1) is 12.2. The number of halogens is 1. The maximum atomic E-state index is 13.1. The Morgan fingerprint density at radius 2 is 1.65 bits per heavy atom. The highest BCUT2D eigenvalue weighted by molar-refractivity contribution is 7.92. The number of nitrogens with zero attached hydrogens (tertiary/aromatic N) is 1. The number of rotatable bonds is 7. The summed E-state index contributed by atoms with van der Waals surface area (Å²) < 4.78 is 27.3. The Hall–Kier alpha value is -2.05. The minimum Gasteiger partial charge on any atom is -0.350 e. The van der Waals surface area contributed by atoms with Crippen LogP contribution < -0.4 is 9.62 Å². The highest BCUT2D eigenvalue weighted by Crippen LogP contribution is 2.30. The molecule has 0 atom stereocenters. The number of nitrogens with one attached hydrogen (secondary N) is 1. The van der Waals surface area contributed by atoms with E-state index in [1.54, 1.807) is 42.5 Å². The van der Waals surface area contributed by atoms with Crippen LogP contribution in [-0.2, 0) is 14.8 Å². The third-order valence-corrected chi connectivity index (χ3v) is 6.19. The van der Waals surface area contributed by atoms with Gasteiger partial charge in [0.15, 0.2) is 0 Å². The summed E-state index contributed by atoms with van der Waals surface area (Å²) in [6, 6.07) is 14.6. The minimum atomic E-state index is -3.95. The maximum Gasteiger partial charge on any atom is 0.264 e. The lowest BCUT2D eigenvalue weighted by molar-refractivity contribution is -0.121. The van der Waals surface area contributed by atoms with Crippen LogP contribution in [0.15, 0.2) is 59.5 Å². The van der Waals surface area contributed by atoms with Crippen molar-refractivity contribution < 1.29 is 13.2 Å². The molecule has 0 aliphatic carbocycles. The van der Waals surface area contributed by atoms with Crippen LogP contribution in [0.3, 0.4) is 0 Å². The normalized spacial score (nSPS) is 11.8. The minimum absolute atomic E-state index is 0.0995. The van der Waals surface area contributed by atoms with Gasteiger partial charge in [-0.25, -0.2) is 8.42 Å². The van der Waals surface area contributed by atoms with Crippen LogP contribution in [0.25, 0.3) is 0 Å². The second kappa shape index (κ2) is 8.10. The Balaban J connectivity index is 2.44. The molecule has 0 saturated carbocycles. The van der Waals surface area contributed by atoms with E-state index < -0.39 is 21.5 Å². The Morgan fingerprint density at radius 1 is 1.08 bits per heavy atom. The van der Waals surface area contributed by atoms with Gasteiger partial charge < -0.3 is 5.32 Å². The molecule has 1 N–H and O–H groups in total. The SMILES string of the molecule is CCC(C)(C)NC(=O)CN(c1ccccc1Cl)S(=O)(=O)c1ccccc1. The lowest BCUT2D eigenvalue weighted by Gasteiger charge is -2.29. The van der Waals surface area contributed by atoms with Crippen molar-refractivity contribution in [3.8, 4) is 0 Å². The number of anilines is 1. The average molecular weight is 395 g/mol. The summed E-state index contributed by atoms with van der Waals surface area (Å²) in [4.78, 5) is 12.6. The molecule has 0 saturated heterocycles. The molecule has 0 spiro atoms. The van der Waals surface area contributed by atoms with E-state index in [9.17, 15) is 13.2 Å². The maximum absolute atomic E-state index is 13.1. The predicted molar refractivity (Wildman–Crippen MR) is 105 cm³/mol. The average Bonchev–Trinajstić information content (AvgIpc) is 2.61. The van der Waals surface area contributed by atoms with Crippen molar-refractivity contribution in [2.75, 3.05) is 10.8 Å². The number of carbonyl (C=O) groups excluding carboxylic acids is 1. The molecule has 140 valence electrons. The topological polar surface area (TPSA) is 66.5 Å². The molecule has 26 heavy (non-hydrogen) atoms. The molecule has 0 heterocycles. The van der Waals surface area contributed by atoms with E-state index in [0.29, 0.717) is 0 Å². The number of amides is 1. The summed E-state index contributed by atoms with van der Waals surface area (Å²) in [5, 5.41) is 3.12. The molecule has 0 aliphatic heterocycles. The molecule has 0 bridgehead atoms. The number of benzene rings is 2. The quantitative estimate of drug-likeness (QED) is 0.775. The van der Waals surface area contributed by atoms with Crippen molar-refractivity contribution in [2.45, 2.75) is 37.6 Å². The van der Waals surface area contributed by atoms with Crippen LogP contribution in [0.5, 0.6) is 0 Å². The van der Waals surface area contributed by atoms with Gasteiger partial charge in [-0.15, -0.1) is 0 Å². The number of para-hydroxylation sites is 1. The third-order valence-electron chi connectivity index (χ3n) is 4.10. The predicted octanol–water partition coefficient (Wildman–Crippen LogP) is 3.84. The van der Waals surface area contributed by atoms with Gasteiger partial charge in [0.05, 0.1) is 15.6 Å². The molecule has 7 heteroatoms. The molecule has 1 amide bonds. The van der Waals surface area contributed by atoms with Crippen LogP contribution in [0.2, 0.25) is 5.02 Å². The van der Waals surface area contributed by atoms with E-state index in [2.05, 4.69) is 5.32 Å². The number of hydrogen-bond acceptors (Lipinski definition) is 3. The second-order valence-electron chi connectivity index (χ2n) is 6.56. The van der Waals surface area contributed by atoms with E-state index in [0.717, 1.165) is 10.7 Å². The monoisotopic (exact) mass is 394 g/mol. The summed E-state index contributed by atoms with van der Waals surface area (Å²) in [6.07, 6.45) is 0.719. The third kappa shape index (κ3) is 4.77. The zero-order chi connectivity index (χ0) is 19.4. The molecule has 2 aromatic rings. The van der Waals surface area contributed by atoms with Crippen molar-refractivity contribution in [1.82, 2.24) is 5.32 Å². The zero-order valence-electron chi connectivity index (χ0n) is 15.1.